The highest BCUT2D eigenvalue weighted by molar-refractivity contribution is 7.13. The highest BCUT2D eigenvalue weighted by Gasteiger charge is 2.12. The Morgan fingerprint density at radius 2 is 0.957 bits per heavy atom. The van der Waals surface area contributed by atoms with Gasteiger partial charge in [-0.3, -0.25) is 0 Å². The maximum absolute atomic E-state index is 5.87. The lowest BCUT2D eigenvalue weighted by molar-refractivity contribution is -0.677. The number of aromatic nitrogens is 2. The molecule has 0 saturated heterocycles. The van der Waals surface area contributed by atoms with Crippen LogP contribution in [0.3, 0.4) is 0 Å². The van der Waals surface area contributed by atoms with E-state index in [1.165, 1.54) is 0 Å². The maximum Gasteiger partial charge on any atom is 0.408 e. The third-order valence-electron chi connectivity index (χ3n) is 7.08. The van der Waals surface area contributed by atoms with Gasteiger partial charge in [0.2, 0.25) is 0 Å². The molecule has 0 aliphatic carbocycles. The largest absolute Gasteiger partial charge is 0.408 e. The van der Waals surface area contributed by atoms with Gasteiger partial charge in [-0.15, -0.1) is 0 Å². The highest BCUT2D eigenvalue weighted by Crippen LogP contribution is 2.24. The number of aryl methyl sites for hydroxylation is 2. The number of hydrogen-bond acceptors (Lipinski definition) is 10. The van der Waals surface area contributed by atoms with E-state index in [1.54, 1.807) is 22.7 Å². The SMILES string of the molecule is C.C.CCN(CCOCCOCCN(CC)c1ccc(N=Nc2scc[n+]2CC)cc1)c1ccc(N=Nc2scc[n+]2CC)cc1. The summed E-state index contributed by atoms with van der Waals surface area (Å²) in [6, 6.07) is 16.4. The van der Waals surface area contributed by atoms with Gasteiger partial charge in [-0.25, -0.2) is 9.13 Å². The molecular formula is C34H52N8O2S2+2. The molecule has 0 aliphatic rings. The highest BCUT2D eigenvalue weighted by atomic mass is 32.1. The van der Waals surface area contributed by atoms with Gasteiger partial charge in [0, 0.05) is 48.3 Å². The van der Waals surface area contributed by atoms with E-state index in [4.69, 9.17) is 9.47 Å². The minimum absolute atomic E-state index is 0. The quantitative estimate of drug-likeness (QED) is 0.0568. The minimum Gasteiger partial charge on any atom is -0.377 e. The molecule has 4 aromatic rings. The van der Waals surface area contributed by atoms with Crippen LogP contribution in [0.2, 0.25) is 0 Å². The second kappa shape index (κ2) is 21.3. The van der Waals surface area contributed by atoms with Crippen LogP contribution >= 0.6 is 22.7 Å². The van der Waals surface area contributed by atoms with Crippen LogP contribution in [0.1, 0.15) is 42.5 Å². The first-order valence-electron chi connectivity index (χ1n) is 15.3. The number of ether oxygens (including phenoxy) is 2. The molecule has 2 heterocycles. The predicted molar refractivity (Wildman–Crippen MR) is 192 cm³/mol. The Hall–Kier alpha value is -3.58. The number of rotatable bonds is 19. The third kappa shape index (κ3) is 11.7. The number of hydrogen-bond donors (Lipinski definition) is 0. The Kier molecular flexibility index (Phi) is 17.8. The van der Waals surface area contributed by atoms with Crippen LogP contribution in [-0.2, 0) is 22.6 Å². The van der Waals surface area contributed by atoms with Crippen LogP contribution in [0, 0.1) is 0 Å². The predicted octanol–water partition coefficient (Wildman–Crippen LogP) is 8.91. The van der Waals surface area contributed by atoms with Gasteiger partial charge in [0.25, 0.3) is 0 Å². The number of likely N-dealkylation sites (N-methyl/N-ethyl adjacent to an activating group) is 2. The van der Waals surface area contributed by atoms with Crippen LogP contribution in [0.25, 0.3) is 0 Å². The molecule has 2 aromatic heterocycles. The van der Waals surface area contributed by atoms with E-state index in [0.29, 0.717) is 26.4 Å². The van der Waals surface area contributed by atoms with E-state index >= 15 is 0 Å². The molecule has 12 heteroatoms. The monoisotopic (exact) mass is 668 g/mol. The molecule has 4 rings (SSSR count). The summed E-state index contributed by atoms with van der Waals surface area (Å²) in [5.74, 6) is 0. The molecule has 0 aliphatic heterocycles. The van der Waals surface area contributed by atoms with Crippen molar-refractivity contribution < 1.29 is 18.6 Å². The van der Waals surface area contributed by atoms with Crippen molar-refractivity contribution in [3.63, 3.8) is 0 Å². The number of thiazole rings is 2. The molecule has 0 saturated carbocycles. The first-order valence-corrected chi connectivity index (χ1v) is 17.0. The average Bonchev–Trinajstić information content (AvgIpc) is 3.73. The van der Waals surface area contributed by atoms with Crippen molar-refractivity contribution in [2.24, 2.45) is 20.5 Å². The molecule has 2 aromatic carbocycles. The van der Waals surface area contributed by atoms with E-state index in [9.17, 15) is 0 Å². The lowest BCUT2D eigenvalue weighted by Gasteiger charge is -2.23. The van der Waals surface area contributed by atoms with Gasteiger partial charge in [-0.2, -0.15) is 0 Å². The minimum atomic E-state index is 0. The van der Waals surface area contributed by atoms with Gasteiger partial charge in [0.15, 0.2) is 0 Å². The zero-order valence-corrected chi connectivity index (χ0v) is 27.8. The molecule has 0 N–H and O–H groups in total. The van der Waals surface area contributed by atoms with Crippen molar-refractivity contribution in [1.29, 1.82) is 0 Å². The van der Waals surface area contributed by atoms with Crippen molar-refractivity contribution in [1.82, 2.24) is 0 Å². The average molecular weight is 669 g/mol. The second-order valence-electron chi connectivity index (χ2n) is 9.76. The van der Waals surface area contributed by atoms with Crippen LogP contribution in [0.5, 0.6) is 0 Å². The molecule has 0 atom stereocenters. The second-order valence-corrected chi connectivity index (χ2v) is 11.5. The van der Waals surface area contributed by atoms with Crippen molar-refractivity contribution in [3.05, 3.63) is 71.7 Å². The Labute approximate surface area is 283 Å². The van der Waals surface area contributed by atoms with E-state index in [1.807, 2.05) is 47.4 Å². The fourth-order valence-corrected chi connectivity index (χ4v) is 5.99. The Bertz CT molecular complexity index is 1330. The summed E-state index contributed by atoms with van der Waals surface area (Å²) in [7, 11) is 0. The molecular weight excluding hydrogens is 617 g/mol. The van der Waals surface area contributed by atoms with Crippen LogP contribution in [0.15, 0.2) is 92.1 Å². The van der Waals surface area contributed by atoms with Gasteiger partial charge >= 0.3 is 10.3 Å². The zero-order chi connectivity index (χ0) is 31.0. The lowest BCUT2D eigenvalue weighted by Crippen LogP contribution is -2.28. The van der Waals surface area contributed by atoms with Crippen molar-refractivity contribution >= 4 is 55.7 Å². The summed E-state index contributed by atoms with van der Waals surface area (Å²) in [4.78, 5) is 4.59. The number of azo groups is 2. The lowest BCUT2D eigenvalue weighted by atomic mass is 10.2. The normalized spacial score (nSPS) is 11.1. The summed E-state index contributed by atoms with van der Waals surface area (Å²) in [5, 5.41) is 23.4. The summed E-state index contributed by atoms with van der Waals surface area (Å²) < 4.78 is 15.9. The van der Waals surface area contributed by atoms with Gasteiger partial charge in [-0.05, 0) is 109 Å². The first-order chi connectivity index (χ1) is 21.6. The van der Waals surface area contributed by atoms with Gasteiger partial charge in [-0.1, -0.05) is 14.9 Å². The smallest absolute Gasteiger partial charge is 0.377 e. The van der Waals surface area contributed by atoms with E-state index in [2.05, 4.69) is 91.4 Å². The third-order valence-corrected chi connectivity index (χ3v) is 8.65. The summed E-state index contributed by atoms with van der Waals surface area (Å²) in [6.07, 6.45) is 4.06. The van der Waals surface area contributed by atoms with Gasteiger partial charge in [0.05, 0.1) is 49.7 Å². The Balaban J connectivity index is 0.00000368. The topological polar surface area (TPSA) is 82.1 Å². The fourth-order valence-electron chi connectivity index (χ4n) is 4.51. The molecule has 0 bridgehead atoms. The number of anilines is 2. The standard InChI is InChI=1S/C32H44N8O2S2.2CH4/c1-5-37(29-13-9-27(10-14-29)33-35-31-39(7-3)19-25-43-31)17-21-41-23-24-42-22-18-38(6-2)30-15-11-28(12-16-30)34-36-32-40(8-4)20-26-44-32;;/h9-16,19-20,25-26H,5-8,17-18,21-24H2,1-4H3;2*1H4/q+2;;. The summed E-state index contributed by atoms with van der Waals surface area (Å²) in [6.45, 7) is 16.1. The molecule has 250 valence electrons. The van der Waals surface area contributed by atoms with Crippen molar-refractivity contribution in [3.8, 4) is 0 Å². The van der Waals surface area contributed by atoms with E-state index in [-0.39, 0.29) is 14.9 Å². The van der Waals surface area contributed by atoms with Crippen LogP contribution < -0.4 is 18.9 Å². The molecule has 46 heavy (non-hydrogen) atoms. The molecule has 0 fully saturated rings. The van der Waals surface area contributed by atoms with Crippen molar-refractivity contribution in [2.45, 2.75) is 55.6 Å². The first kappa shape index (κ1) is 38.6. The Morgan fingerprint density at radius 1 is 0.565 bits per heavy atom. The van der Waals surface area contributed by atoms with Crippen molar-refractivity contribution in [2.75, 3.05) is 62.4 Å². The Morgan fingerprint density at radius 3 is 1.30 bits per heavy atom. The summed E-state index contributed by atoms with van der Waals surface area (Å²) in [5.41, 5.74) is 3.98. The molecule has 0 spiro atoms. The van der Waals surface area contributed by atoms with Gasteiger partial charge in [0.1, 0.15) is 23.8 Å². The number of nitrogens with zero attached hydrogens (tertiary/aromatic N) is 8. The maximum atomic E-state index is 5.87. The van der Waals surface area contributed by atoms with Gasteiger partial charge < -0.3 is 19.3 Å². The van der Waals surface area contributed by atoms with E-state index < -0.39 is 0 Å². The number of benzene rings is 2. The molecule has 0 unspecified atom stereocenters. The zero-order valence-electron chi connectivity index (χ0n) is 26.2. The van der Waals surface area contributed by atoms with E-state index in [0.717, 1.165) is 72.3 Å². The summed E-state index contributed by atoms with van der Waals surface area (Å²) >= 11 is 3.18. The molecule has 0 radical (unpaired) electrons. The fraction of sp³-hybridized carbons (Fsp3) is 0.471. The molecule has 0 amide bonds. The molecule has 10 nitrogen and oxygen atoms in total. The van der Waals surface area contributed by atoms with Crippen LogP contribution in [0.4, 0.5) is 33.0 Å². The van der Waals surface area contributed by atoms with Crippen LogP contribution in [-0.4, -0.2) is 52.6 Å².